The third-order valence-corrected chi connectivity index (χ3v) is 14.6. The Morgan fingerprint density at radius 3 is 1.51 bits per heavy atom. The van der Waals surface area contributed by atoms with Crippen molar-refractivity contribution in [2.75, 3.05) is 13.2 Å². The number of nitrogens with zero attached hydrogens (tertiary/aromatic N) is 8. The van der Waals surface area contributed by atoms with Gasteiger partial charge in [0, 0.05) is 41.6 Å². The number of furan rings is 2. The van der Waals surface area contributed by atoms with Crippen molar-refractivity contribution >= 4 is 45.8 Å². The fourth-order valence-corrected chi connectivity index (χ4v) is 10.7. The van der Waals surface area contributed by atoms with Gasteiger partial charge < -0.3 is 38.1 Å². The number of benzene rings is 4. The summed E-state index contributed by atoms with van der Waals surface area (Å²) in [5.41, 5.74) is 9.03. The van der Waals surface area contributed by atoms with Crippen LogP contribution in [0.2, 0.25) is 0 Å². The van der Waals surface area contributed by atoms with Crippen molar-refractivity contribution in [3.05, 3.63) is 150 Å². The summed E-state index contributed by atoms with van der Waals surface area (Å²) in [6, 6.07) is 30.2. The van der Waals surface area contributed by atoms with Gasteiger partial charge in [0.05, 0.1) is 70.6 Å². The quantitative estimate of drug-likeness (QED) is 0.0718. The first-order valence-electron chi connectivity index (χ1n) is 27.0. The number of amides is 2. The molecular formula is C60H61N11O8. The lowest BCUT2D eigenvalue weighted by atomic mass is 9.95. The molecule has 404 valence electrons. The molecule has 9 aromatic rings. The van der Waals surface area contributed by atoms with Gasteiger partial charge in [-0.15, -0.1) is 10.2 Å². The number of ether oxygens (including phenoxy) is 2. The second kappa shape index (κ2) is 24.9. The van der Waals surface area contributed by atoms with Gasteiger partial charge >= 0.3 is 11.9 Å². The highest BCUT2D eigenvalue weighted by Crippen LogP contribution is 2.38. The summed E-state index contributed by atoms with van der Waals surface area (Å²) in [5, 5.41) is 28.7. The van der Waals surface area contributed by atoms with Gasteiger partial charge in [-0.25, -0.2) is 19.6 Å². The molecule has 3 N–H and O–H groups in total. The van der Waals surface area contributed by atoms with Gasteiger partial charge in [-0.05, 0) is 117 Å². The number of carbonyl (C=O) groups is 4. The molecular weight excluding hydrogens is 1000 g/mol. The minimum absolute atomic E-state index is 0.208. The Labute approximate surface area is 455 Å². The Balaban J connectivity index is 0.000000179. The Morgan fingerprint density at radius 1 is 0.633 bits per heavy atom. The predicted octanol–water partition coefficient (Wildman–Crippen LogP) is 10.5. The van der Waals surface area contributed by atoms with E-state index in [1.807, 2.05) is 48.5 Å². The number of nitrogens with one attached hydrogen (secondary N) is 3. The predicted molar refractivity (Wildman–Crippen MR) is 293 cm³/mol. The van der Waals surface area contributed by atoms with Crippen molar-refractivity contribution < 1.29 is 37.5 Å². The Morgan fingerprint density at radius 2 is 1.10 bits per heavy atom. The maximum Gasteiger partial charge on any atom is 0.328 e. The highest BCUT2D eigenvalue weighted by molar-refractivity contribution is 6.01. The summed E-state index contributed by atoms with van der Waals surface area (Å²) < 4.78 is 25.8. The van der Waals surface area contributed by atoms with Crippen LogP contribution < -0.4 is 10.6 Å². The molecule has 2 aliphatic carbocycles. The molecule has 19 heteroatoms. The first-order valence-corrected chi connectivity index (χ1v) is 27.0. The van der Waals surface area contributed by atoms with Crippen molar-refractivity contribution in [3.8, 4) is 40.2 Å². The number of carbonyl (C=O) groups excluding carboxylic acids is 4. The summed E-state index contributed by atoms with van der Waals surface area (Å²) in [4.78, 5) is 62.1. The highest BCUT2D eigenvalue weighted by atomic mass is 16.5. The number of H-pyrrole nitrogens is 1. The number of esters is 2. The minimum atomic E-state index is -0.868. The van der Waals surface area contributed by atoms with Crippen LogP contribution in [-0.2, 0) is 31.9 Å². The van der Waals surface area contributed by atoms with E-state index in [0.717, 1.165) is 87.2 Å². The molecule has 0 bridgehead atoms. The van der Waals surface area contributed by atoms with Crippen LogP contribution in [0.3, 0.4) is 0 Å². The Kier molecular flexibility index (Phi) is 16.8. The van der Waals surface area contributed by atoms with Gasteiger partial charge in [-0.1, -0.05) is 74.9 Å². The van der Waals surface area contributed by atoms with Crippen molar-refractivity contribution in [3.63, 3.8) is 0 Å². The van der Waals surface area contributed by atoms with Crippen LogP contribution in [0, 0.1) is 11.3 Å². The van der Waals surface area contributed by atoms with Crippen LogP contribution in [0.1, 0.15) is 128 Å². The first-order chi connectivity index (χ1) is 38.7. The summed E-state index contributed by atoms with van der Waals surface area (Å²) in [6.07, 6.45) is 18.8. The average Bonchev–Trinajstić information content (AvgIpc) is 4.51. The molecule has 0 radical (unpaired) electrons. The van der Waals surface area contributed by atoms with Crippen molar-refractivity contribution in [1.82, 2.24) is 50.4 Å². The van der Waals surface area contributed by atoms with Gasteiger partial charge in [0.2, 0.25) is 5.82 Å². The van der Waals surface area contributed by atoms with Crippen molar-refractivity contribution in [2.45, 2.75) is 115 Å². The van der Waals surface area contributed by atoms with E-state index in [1.54, 1.807) is 87.4 Å². The zero-order chi connectivity index (χ0) is 54.7. The first kappa shape index (κ1) is 53.2. The lowest BCUT2D eigenvalue weighted by Crippen LogP contribution is -2.43. The molecule has 4 aromatic carbocycles. The number of fused-ring (bicyclic) bond motifs is 2. The number of hydrogen-bond donors (Lipinski definition) is 3. The normalized spacial score (nSPS) is 14.6. The molecule has 0 spiro atoms. The Hall–Kier alpha value is -9.18. The van der Waals surface area contributed by atoms with E-state index in [0.29, 0.717) is 34.6 Å². The number of hydrogen-bond acceptors (Lipinski definition) is 14. The van der Waals surface area contributed by atoms with Crippen molar-refractivity contribution in [1.29, 1.82) is 5.26 Å². The van der Waals surface area contributed by atoms with Crippen LogP contribution in [0.5, 0.6) is 0 Å². The third kappa shape index (κ3) is 12.3. The molecule has 2 fully saturated rings. The van der Waals surface area contributed by atoms with Gasteiger partial charge in [-0.3, -0.25) is 9.59 Å². The monoisotopic (exact) mass is 1060 g/mol. The van der Waals surface area contributed by atoms with Crippen LogP contribution in [0.4, 0.5) is 0 Å². The topological polar surface area (TPSA) is 251 Å². The van der Waals surface area contributed by atoms with Crippen molar-refractivity contribution in [2.24, 2.45) is 0 Å². The Bertz CT molecular complexity index is 3550. The molecule has 5 heterocycles. The maximum atomic E-state index is 13.4. The second-order valence-electron chi connectivity index (χ2n) is 19.8. The molecule has 5 aromatic heterocycles. The number of aromatic nitrogens is 8. The number of tetrazole rings is 1. The zero-order valence-electron chi connectivity index (χ0n) is 44.1. The molecule has 19 nitrogen and oxygen atoms in total. The van der Waals surface area contributed by atoms with E-state index in [-0.39, 0.29) is 37.9 Å². The largest absolute Gasteiger partial charge is 0.472 e. The van der Waals surface area contributed by atoms with Gasteiger partial charge in [0.25, 0.3) is 11.8 Å². The molecule has 79 heavy (non-hydrogen) atoms. The molecule has 2 saturated carbocycles. The molecule has 0 aliphatic heterocycles. The number of rotatable bonds is 17. The van der Waals surface area contributed by atoms with Gasteiger partial charge in [0.1, 0.15) is 36.3 Å². The fourth-order valence-electron chi connectivity index (χ4n) is 10.7. The molecule has 2 atom stereocenters. The third-order valence-electron chi connectivity index (χ3n) is 14.6. The van der Waals surface area contributed by atoms with Crippen LogP contribution in [-0.4, -0.2) is 88.8 Å². The van der Waals surface area contributed by atoms with Crippen LogP contribution >= 0.6 is 0 Å². The van der Waals surface area contributed by atoms with E-state index in [2.05, 4.69) is 46.5 Å². The average molecular weight is 1060 g/mol. The zero-order valence-corrected chi connectivity index (χ0v) is 44.1. The summed E-state index contributed by atoms with van der Waals surface area (Å²) >= 11 is 0. The molecule has 0 saturated heterocycles. The number of nitriles is 1. The van der Waals surface area contributed by atoms with E-state index >= 15 is 0 Å². The van der Waals surface area contributed by atoms with Crippen LogP contribution in [0.15, 0.2) is 131 Å². The van der Waals surface area contributed by atoms with E-state index in [1.165, 1.54) is 38.5 Å². The van der Waals surface area contributed by atoms with E-state index < -0.39 is 24.0 Å². The smallest absolute Gasteiger partial charge is 0.328 e. The van der Waals surface area contributed by atoms with Crippen LogP contribution in [0.25, 0.3) is 56.2 Å². The lowest BCUT2D eigenvalue weighted by Gasteiger charge is -2.25. The lowest BCUT2D eigenvalue weighted by molar-refractivity contribution is -0.146. The maximum absolute atomic E-state index is 13.4. The SMILES string of the molecule is CCOC(=O)[C@H](Cc1ccc(-c2nn[nH]n2)cc1)NC(=O)c1ccc2c(c1)nc(-c1ccoc1)n2C1CCCCC1.CCOC(=O)[C@H](Cc1ccc(C#N)cc1)NC(=O)c1ccc2c(c1)nc(-c1ccoc1)n2C1CCCCC1. The molecule has 2 amide bonds. The summed E-state index contributed by atoms with van der Waals surface area (Å²) in [5.74, 6) is 0.406. The number of imidazole rings is 2. The van der Waals surface area contributed by atoms with Gasteiger partial charge in [0.15, 0.2) is 0 Å². The second-order valence-corrected chi connectivity index (χ2v) is 19.8. The highest BCUT2D eigenvalue weighted by Gasteiger charge is 2.29. The summed E-state index contributed by atoms with van der Waals surface area (Å²) in [6.45, 7) is 3.89. The molecule has 0 unspecified atom stereocenters. The standard InChI is InChI=1S/C30H31N7O4.C30H30N4O4/c1-2-41-30(39)25(16-19-8-10-20(11-9-19)27-33-35-36-34-27)32-29(38)21-12-13-26-24(17-21)31-28(22-14-15-40-18-22)37(26)23-6-4-3-5-7-23;1-2-38-30(36)26(16-20-8-10-21(18-31)11-9-20)33-29(35)22-12-13-27-25(17-22)32-28(23-14-15-37-19-23)34(27)24-6-4-3-5-7-24/h8-15,17-18,23,25H,2-7,16H2,1H3,(H,32,38)(H,33,34,35,36);8-15,17,19,24,26H,2-7,16H2,1H3,(H,33,35)/t25-;26-/m00/s1. The molecule has 2 aliphatic rings. The number of aromatic amines is 1. The minimum Gasteiger partial charge on any atom is -0.472 e. The fraction of sp³-hybridized carbons (Fsp3) is 0.333. The summed E-state index contributed by atoms with van der Waals surface area (Å²) in [7, 11) is 0. The van der Waals surface area contributed by atoms with E-state index in [4.69, 9.17) is 33.5 Å². The van der Waals surface area contributed by atoms with E-state index in [9.17, 15) is 19.2 Å². The van der Waals surface area contributed by atoms with Gasteiger partial charge in [-0.2, -0.15) is 10.5 Å². The molecule has 11 rings (SSSR count).